The van der Waals surface area contributed by atoms with Gasteiger partial charge in [0.1, 0.15) is 5.75 Å². The molecular formula is C22H31NO2. The van der Waals surface area contributed by atoms with E-state index in [9.17, 15) is 4.79 Å². The Hall–Kier alpha value is -2.03. The molecule has 0 aliphatic carbocycles. The van der Waals surface area contributed by atoms with E-state index in [-0.39, 0.29) is 16.9 Å². The molecule has 0 radical (unpaired) electrons. The van der Waals surface area contributed by atoms with Gasteiger partial charge in [0.05, 0.1) is 0 Å². The normalized spacial score (nSPS) is 13.5. The molecule has 2 rings (SSSR count). The minimum Gasteiger partial charge on any atom is -0.480 e. The van der Waals surface area contributed by atoms with E-state index in [2.05, 4.69) is 52.1 Å². The predicted molar refractivity (Wildman–Crippen MR) is 105 cm³/mol. The van der Waals surface area contributed by atoms with E-state index in [1.54, 1.807) is 0 Å². The first-order valence-corrected chi connectivity index (χ1v) is 9.08. The third-order valence-electron chi connectivity index (χ3n) is 4.12. The smallest absolute Gasteiger partial charge is 0.261 e. The van der Waals surface area contributed by atoms with Gasteiger partial charge in [-0.25, -0.2) is 0 Å². The van der Waals surface area contributed by atoms with Crippen molar-refractivity contribution in [3.8, 4) is 5.75 Å². The molecule has 1 unspecified atom stereocenters. The Balaban J connectivity index is 2.15. The van der Waals surface area contributed by atoms with E-state index >= 15 is 0 Å². The third kappa shape index (κ3) is 5.48. The van der Waals surface area contributed by atoms with Crippen LogP contribution in [-0.4, -0.2) is 17.6 Å². The van der Waals surface area contributed by atoms with Crippen LogP contribution in [0.5, 0.6) is 5.75 Å². The lowest BCUT2D eigenvalue weighted by Gasteiger charge is -2.34. The van der Waals surface area contributed by atoms with Crippen molar-refractivity contribution >= 4 is 16.7 Å². The van der Waals surface area contributed by atoms with E-state index in [1.165, 1.54) is 0 Å². The highest BCUT2D eigenvalue weighted by Gasteiger charge is 2.30. The number of fused-ring (bicyclic) bond motifs is 1. The van der Waals surface area contributed by atoms with Crippen molar-refractivity contribution < 1.29 is 9.53 Å². The van der Waals surface area contributed by atoms with Crippen LogP contribution < -0.4 is 10.1 Å². The van der Waals surface area contributed by atoms with Crippen molar-refractivity contribution in [2.75, 3.05) is 0 Å². The average Bonchev–Trinajstić information content (AvgIpc) is 2.49. The van der Waals surface area contributed by atoms with Crippen LogP contribution in [0.4, 0.5) is 0 Å². The molecule has 0 fully saturated rings. The first-order valence-electron chi connectivity index (χ1n) is 9.08. The lowest BCUT2D eigenvalue weighted by molar-refractivity contribution is -0.130. The summed E-state index contributed by atoms with van der Waals surface area (Å²) < 4.78 is 6.10. The van der Waals surface area contributed by atoms with Crippen molar-refractivity contribution in [1.29, 1.82) is 0 Å². The number of amides is 1. The summed E-state index contributed by atoms with van der Waals surface area (Å²) in [5.41, 5.74) is -0.125. The molecule has 3 heteroatoms. The second kappa shape index (κ2) is 7.47. The number of ether oxygens (including phenoxy) is 1. The summed E-state index contributed by atoms with van der Waals surface area (Å²) >= 11 is 0. The Labute approximate surface area is 151 Å². The number of benzene rings is 2. The summed E-state index contributed by atoms with van der Waals surface area (Å²) in [7, 11) is 0. The van der Waals surface area contributed by atoms with Crippen molar-refractivity contribution in [1.82, 2.24) is 5.32 Å². The maximum absolute atomic E-state index is 12.8. The standard InChI is InChI=1S/C22H31NO2/c1-7-18(20(24)23-22(5,6)15-21(2,3)4)25-19-14-10-12-16-11-8-9-13-17(16)19/h8-14,18H,7,15H2,1-6H3,(H,23,24). The minimum absolute atomic E-state index is 0.0512. The SMILES string of the molecule is CCC(Oc1cccc2ccccc12)C(=O)NC(C)(C)CC(C)(C)C. The molecule has 0 spiro atoms. The molecule has 0 saturated heterocycles. The summed E-state index contributed by atoms with van der Waals surface area (Å²) in [4.78, 5) is 12.8. The van der Waals surface area contributed by atoms with Crippen molar-refractivity contribution in [2.24, 2.45) is 5.41 Å². The second-order valence-corrected chi connectivity index (χ2v) is 8.60. The molecule has 136 valence electrons. The maximum atomic E-state index is 12.8. The Morgan fingerprint density at radius 1 is 1.04 bits per heavy atom. The Bertz CT molecular complexity index is 723. The van der Waals surface area contributed by atoms with E-state index in [0.717, 1.165) is 22.9 Å². The summed E-state index contributed by atoms with van der Waals surface area (Å²) in [6.45, 7) is 12.7. The molecular weight excluding hydrogens is 310 g/mol. The zero-order chi connectivity index (χ0) is 18.7. The molecule has 0 heterocycles. The van der Waals surface area contributed by atoms with Crippen LogP contribution in [0, 0.1) is 5.41 Å². The number of carbonyl (C=O) groups is 1. The molecule has 3 nitrogen and oxygen atoms in total. The molecule has 2 aromatic rings. The van der Waals surface area contributed by atoms with E-state index in [0.29, 0.717) is 6.42 Å². The zero-order valence-electron chi connectivity index (χ0n) is 16.3. The van der Waals surface area contributed by atoms with E-state index < -0.39 is 6.10 Å². The van der Waals surface area contributed by atoms with Gasteiger partial charge in [-0.3, -0.25) is 4.79 Å². The van der Waals surface area contributed by atoms with Crippen molar-refractivity contribution in [3.05, 3.63) is 42.5 Å². The Kier molecular flexibility index (Phi) is 5.76. The van der Waals surface area contributed by atoms with Gasteiger partial charge in [-0.2, -0.15) is 0 Å². The fourth-order valence-electron chi connectivity index (χ4n) is 3.56. The van der Waals surface area contributed by atoms with Gasteiger partial charge in [0.15, 0.2) is 6.10 Å². The number of carbonyl (C=O) groups excluding carboxylic acids is 1. The zero-order valence-corrected chi connectivity index (χ0v) is 16.3. The van der Waals surface area contributed by atoms with Crippen LogP contribution >= 0.6 is 0 Å². The Morgan fingerprint density at radius 2 is 1.68 bits per heavy atom. The average molecular weight is 341 g/mol. The molecule has 0 aliphatic rings. The van der Waals surface area contributed by atoms with Crippen LogP contribution in [0.25, 0.3) is 10.8 Å². The van der Waals surface area contributed by atoms with E-state index in [4.69, 9.17) is 4.74 Å². The van der Waals surface area contributed by atoms with Crippen LogP contribution in [0.3, 0.4) is 0 Å². The number of hydrogen-bond donors (Lipinski definition) is 1. The van der Waals surface area contributed by atoms with Gasteiger partial charge < -0.3 is 10.1 Å². The molecule has 1 amide bonds. The van der Waals surface area contributed by atoms with Gasteiger partial charge >= 0.3 is 0 Å². The summed E-state index contributed by atoms with van der Waals surface area (Å²) in [6, 6.07) is 14.0. The topological polar surface area (TPSA) is 38.3 Å². The number of nitrogens with one attached hydrogen (secondary N) is 1. The first kappa shape index (κ1) is 19.3. The fraction of sp³-hybridized carbons (Fsp3) is 0.500. The maximum Gasteiger partial charge on any atom is 0.261 e. The number of rotatable bonds is 6. The monoisotopic (exact) mass is 341 g/mol. The molecule has 0 bridgehead atoms. The van der Waals surface area contributed by atoms with Gasteiger partial charge in [-0.1, -0.05) is 64.1 Å². The first-order chi connectivity index (χ1) is 11.6. The molecule has 1 N–H and O–H groups in total. The molecule has 0 aliphatic heterocycles. The van der Waals surface area contributed by atoms with Gasteiger partial charge in [0.25, 0.3) is 5.91 Å². The van der Waals surface area contributed by atoms with E-state index in [1.807, 2.05) is 37.3 Å². The molecule has 2 aromatic carbocycles. The highest BCUT2D eigenvalue weighted by molar-refractivity contribution is 5.89. The third-order valence-corrected chi connectivity index (χ3v) is 4.12. The van der Waals surface area contributed by atoms with Crippen molar-refractivity contribution in [3.63, 3.8) is 0 Å². The van der Waals surface area contributed by atoms with Crippen LogP contribution in [0.15, 0.2) is 42.5 Å². The minimum atomic E-state index is -0.495. The molecule has 0 aromatic heterocycles. The fourth-order valence-corrected chi connectivity index (χ4v) is 3.56. The quantitative estimate of drug-likeness (QED) is 0.771. The van der Waals surface area contributed by atoms with Gasteiger partial charge in [-0.15, -0.1) is 0 Å². The second-order valence-electron chi connectivity index (χ2n) is 8.60. The van der Waals surface area contributed by atoms with Crippen LogP contribution in [-0.2, 0) is 4.79 Å². The Morgan fingerprint density at radius 3 is 2.32 bits per heavy atom. The van der Waals surface area contributed by atoms with Crippen molar-refractivity contribution in [2.45, 2.75) is 66.0 Å². The van der Waals surface area contributed by atoms with Gasteiger partial charge in [-0.05, 0) is 43.6 Å². The van der Waals surface area contributed by atoms with Crippen LogP contribution in [0.1, 0.15) is 54.4 Å². The van der Waals surface area contributed by atoms with Gasteiger partial charge in [0.2, 0.25) is 0 Å². The lowest BCUT2D eigenvalue weighted by atomic mass is 9.81. The molecule has 0 saturated carbocycles. The summed E-state index contributed by atoms with van der Waals surface area (Å²) in [5.74, 6) is 0.707. The largest absolute Gasteiger partial charge is 0.480 e. The lowest BCUT2D eigenvalue weighted by Crippen LogP contribution is -2.50. The highest BCUT2D eigenvalue weighted by atomic mass is 16.5. The highest BCUT2D eigenvalue weighted by Crippen LogP contribution is 2.28. The molecule has 1 atom stereocenters. The number of hydrogen-bond acceptors (Lipinski definition) is 2. The predicted octanol–water partition coefficient (Wildman–Crippen LogP) is 5.33. The van der Waals surface area contributed by atoms with Gasteiger partial charge in [0, 0.05) is 10.9 Å². The summed E-state index contributed by atoms with van der Waals surface area (Å²) in [6.07, 6.45) is 1.03. The van der Waals surface area contributed by atoms with Crippen LogP contribution in [0.2, 0.25) is 0 Å². The summed E-state index contributed by atoms with van der Waals surface area (Å²) in [5, 5.41) is 5.31. The molecule has 25 heavy (non-hydrogen) atoms.